The summed E-state index contributed by atoms with van der Waals surface area (Å²) in [6, 6.07) is 2.01. The van der Waals surface area contributed by atoms with Gasteiger partial charge >= 0.3 is 0 Å². The average molecular weight is 264 g/mol. The van der Waals surface area contributed by atoms with E-state index in [2.05, 4.69) is 15.4 Å². The Morgan fingerprint density at radius 2 is 2.33 bits per heavy atom. The molecule has 0 spiro atoms. The molecule has 18 heavy (non-hydrogen) atoms. The predicted molar refractivity (Wildman–Crippen MR) is 71.6 cm³/mol. The van der Waals surface area contributed by atoms with Crippen LogP contribution in [0.15, 0.2) is 17.6 Å². The van der Waals surface area contributed by atoms with Gasteiger partial charge in [0.05, 0.1) is 18.2 Å². The Balaban J connectivity index is 1.97. The van der Waals surface area contributed by atoms with Gasteiger partial charge in [0, 0.05) is 17.3 Å². The number of rotatable bonds is 4. The van der Waals surface area contributed by atoms with E-state index in [1.54, 1.807) is 6.20 Å². The van der Waals surface area contributed by atoms with E-state index < -0.39 is 0 Å². The van der Waals surface area contributed by atoms with Gasteiger partial charge in [0.25, 0.3) is 0 Å². The highest BCUT2D eigenvalue weighted by atomic mass is 32.1. The zero-order chi connectivity index (χ0) is 13.1. The lowest BCUT2D eigenvalue weighted by Gasteiger charge is -2.12. The van der Waals surface area contributed by atoms with Gasteiger partial charge < -0.3 is 5.32 Å². The number of anilines is 1. The molecule has 0 aliphatic carbocycles. The van der Waals surface area contributed by atoms with Crippen LogP contribution in [0.25, 0.3) is 0 Å². The van der Waals surface area contributed by atoms with E-state index in [4.69, 9.17) is 0 Å². The summed E-state index contributed by atoms with van der Waals surface area (Å²) in [4.78, 5) is 16.0. The first-order valence-electron chi connectivity index (χ1n) is 5.77. The van der Waals surface area contributed by atoms with E-state index >= 15 is 0 Å². The highest BCUT2D eigenvalue weighted by Gasteiger charge is 2.16. The number of hydrogen-bond donors (Lipinski definition) is 1. The van der Waals surface area contributed by atoms with E-state index in [9.17, 15) is 4.79 Å². The van der Waals surface area contributed by atoms with Gasteiger partial charge in [-0.25, -0.2) is 4.98 Å². The van der Waals surface area contributed by atoms with Gasteiger partial charge in [-0.3, -0.25) is 9.48 Å². The van der Waals surface area contributed by atoms with Crippen molar-refractivity contribution in [1.82, 2.24) is 14.8 Å². The molecule has 0 aliphatic rings. The van der Waals surface area contributed by atoms with Crippen molar-refractivity contribution in [2.45, 2.75) is 27.3 Å². The van der Waals surface area contributed by atoms with Gasteiger partial charge in [0.1, 0.15) is 0 Å². The van der Waals surface area contributed by atoms with Crippen LogP contribution >= 0.6 is 11.3 Å². The molecule has 0 radical (unpaired) electrons. The van der Waals surface area contributed by atoms with Gasteiger partial charge in [-0.05, 0) is 19.9 Å². The van der Waals surface area contributed by atoms with E-state index in [1.807, 2.05) is 36.9 Å². The number of thiazole rings is 1. The van der Waals surface area contributed by atoms with Gasteiger partial charge in [-0.2, -0.15) is 5.10 Å². The Morgan fingerprint density at radius 3 is 2.89 bits per heavy atom. The number of carbonyl (C=O) groups is 1. The average Bonchev–Trinajstić information content (AvgIpc) is 2.89. The minimum Gasteiger partial charge on any atom is -0.302 e. The highest BCUT2D eigenvalue weighted by Crippen LogP contribution is 2.13. The lowest BCUT2D eigenvalue weighted by atomic mass is 10.1. The Bertz CT molecular complexity index is 532. The quantitative estimate of drug-likeness (QED) is 0.921. The molecule has 96 valence electrons. The minimum atomic E-state index is -0.146. The summed E-state index contributed by atoms with van der Waals surface area (Å²) < 4.78 is 1.86. The van der Waals surface area contributed by atoms with Crippen molar-refractivity contribution < 1.29 is 4.79 Å². The Labute approximate surface area is 110 Å². The first-order chi connectivity index (χ1) is 8.56. The Kier molecular flexibility index (Phi) is 3.76. The SMILES string of the molecule is Cc1cc(C)n(C[C@H](C)C(=O)Nc2nccs2)n1. The largest absolute Gasteiger partial charge is 0.302 e. The third kappa shape index (κ3) is 2.95. The topological polar surface area (TPSA) is 59.8 Å². The fourth-order valence-corrected chi connectivity index (χ4v) is 2.25. The molecule has 1 atom stereocenters. The summed E-state index contributed by atoms with van der Waals surface area (Å²) in [5.74, 6) is -0.176. The lowest BCUT2D eigenvalue weighted by molar-refractivity contribution is -0.119. The first-order valence-corrected chi connectivity index (χ1v) is 6.65. The number of aromatic nitrogens is 3. The van der Waals surface area contributed by atoms with Crippen LogP contribution in [-0.4, -0.2) is 20.7 Å². The second-order valence-corrected chi connectivity index (χ2v) is 5.23. The summed E-state index contributed by atoms with van der Waals surface area (Å²) in [6.45, 7) is 6.41. The zero-order valence-corrected chi connectivity index (χ0v) is 11.5. The summed E-state index contributed by atoms with van der Waals surface area (Å²) in [7, 11) is 0. The van der Waals surface area contributed by atoms with Gasteiger partial charge in [0.15, 0.2) is 5.13 Å². The molecular weight excluding hydrogens is 248 g/mol. The number of nitrogens with one attached hydrogen (secondary N) is 1. The third-order valence-corrected chi connectivity index (χ3v) is 3.35. The van der Waals surface area contributed by atoms with Crippen LogP contribution in [0.4, 0.5) is 5.13 Å². The lowest BCUT2D eigenvalue weighted by Crippen LogP contribution is -2.25. The molecule has 1 amide bonds. The van der Waals surface area contributed by atoms with Crippen LogP contribution in [0.2, 0.25) is 0 Å². The number of nitrogens with zero attached hydrogens (tertiary/aromatic N) is 3. The monoisotopic (exact) mass is 264 g/mol. The second-order valence-electron chi connectivity index (χ2n) is 4.34. The van der Waals surface area contributed by atoms with Gasteiger partial charge in [-0.15, -0.1) is 11.3 Å². The van der Waals surface area contributed by atoms with E-state index in [0.717, 1.165) is 11.4 Å². The maximum absolute atomic E-state index is 11.9. The summed E-state index contributed by atoms with van der Waals surface area (Å²) in [5.41, 5.74) is 2.04. The van der Waals surface area contributed by atoms with Crippen LogP contribution in [0, 0.1) is 19.8 Å². The van der Waals surface area contributed by atoms with Crippen molar-refractivity contribution in [1.29, 1.82) is 0 Å². The molecule has 2 aromatic rings. The molecule has 2 rings (SSSR count). The fraction of sp³-hybridized carbons (Fsp3) is 0.417. The summed E-state index contributed by atoms with van der Waals surface area (Å²) in [5, 5.41) is 9.62. The highest BCUT2D eigenvalue weighted by molar-refractivity contribution is 7.13. The van der Waals surface area contributed by atoms with Crippen LogP contribution in [0.3, 0.4) is 0 Å². The summed E-state index contributed by atoms with van der Waals surface area (Å²) >= 11 is 1.42. The van der Waals surface area contributed by atoms with Crippen LogP contribution in [0.5, 0.6) is 0 Å². The maximum atomic E-state index is 11.9. The normalized spacial score (nSPS) is 12.4. The maximum Gasteiger partial charge on any atom is 0.230 e. The number of amides is 1. The predicted octanol–water partition coefficient (Wildman–Crippen LogP) is 2.23. The molecule has 0 aliphatic heterocycles. The molecule has 0 unspecified atom stereocenters. The Morgan fingerprint density at radius 1 is 1.56 bits per heavy atom. The Hall–Kier alpha value is -1.69. The smallest absolute Gasteiger partial charge is 0.230 e. The molecule has 1 N–H and O–H groups in total. The summed E-state index contributed by atoms with van der Waals surface area (Å²) in [6.07, 6.45) is 1.67. The van der Waals surface area contributed by atoms with Crippen LogP contribution < -0.4 is 5.32 Å². The van der Waals surface area contributed by atoms with Crippen molar-refractivity contribution >= 4 is 22.4 Å². The van der Waals surface area contributed by atoms with E-state index in [-0.39, 0.29) is 11.8 Å². The molecule has 6 heteroatoms. The molecule has 0 saturated heterocycles. The number of hydrogen-bond acceptors (Lipinski definition) is 4. The third-order valence-electron chi connectivity index (χ3n) is 2.66. The molecule has 2 heterocycles. The van der Waals surface area contributed by atoms with Crippen molar-refractivity contribution in [3.8, 4) is 0 Å². The second kappa shape index (κ2) is 5.30. The molecule has 5 nitrogen and oxygen atoms in total. The minimum absolute atomic E-state index is 0.0301. The number of aryl methyl sites for hydroxylation is 2. The molecular formula is C12H16N4OS. The van der Waals surface area contributed by atoms with Crippen molar-refractivity contribution in [3.63, 3.8) is 0 Å². The molecule has 0 bridgehead atoms. The zero-order valence-electron chi connectivity index (χ0n) is 10.7. The van der Waals surface area contributed by atoms with Crippen molar-refractivity contribution in [3.05, 3.63) is 29.0 Å². The molecule has 0 fully saturated rings. The standard InChI is InChI=1S/C12H16N4OS/c1-8(7-16-10(3)6-9(2)15-16)11(17)14-12-13-4-5-18-12/h4-6,8H,7H2,1-3H3,(H,13,14,17)/t8-/m0/s1. The molecule has 0 aromatic carbocycles. The fourth-order valence-electron chi connectivity index (χ4n) is 1.72. The van der Waals surface area contributed by atoms with E-state index in [1.165, 1.54) is 11.3 Å². The van der Waals surface area contributed by atoms with Gasteiger partial charge in [0.2, 0.25) is 5.91 Å². The van der Waals surface area contributed by atoms with E-state index in [0.29, 0.717) is 11.7 Å². The molecule has 0 saturated carbocycles. The van der Waals surface area contributed by atoms with Gasteiger partial charge in [-0.1, -0.05) is 6.92 Å². The van der Waals surface area contributed by atoms with Crippen LogP contribution in [-0.2, 0) is 11.3 Å². The number of carbonyl (C=O) groups excluding carboxylic acids is 1. The molecule has 2 aromatic heterocycles. The van der Waals surface area contributed by atoms with Crippen molar-refractivity contribution in [2.75, 3.05) is 5.32 Å². The van der Waals surface area contributed by atoms with Crippen molar-refractivity contribution in [2.24, 2.45) is 5.92 Å². The van der Waals surface area contributed by atoms with Crippen LogP contribution in [0.1, 0.15) is 18.3 Å². The first kappa shape index (κ1) is 12.8.